The standard InChI is InChI=1S/C27H20N6O3/c34-23-17-24(36-16-8-11-18-9-2-1-3-10-18)26(33-30-21-14-6-7-15-22(21)31-33)27(35)25(23)32-28-19-12-4-5-13-20(19)29-32/h1-15,17,34-35H,16H2/b11-8+. The van der Waals surface area contributed by atoms with Crippen molar-refractivity contribution in [2.24, 2.45) is 0 Å². The lowest BCUT2D eigenvalue weighted by Gasteiger charge is -2.15. The van der Waals surface area contributed by atoms with Gasteiger partial charge in [0.25, 0.3) is 0 Å². The summed E-state index contributed by atoms with van der Waals surface area (Å²) in [5.41, 5.74) is 3.70. The van der Waals surface area contributed by atoms with Gasteiger partial charge in [-0.15, -0.1) is 30.0 Å². The van der Waals surface area contributed by atoms with Gasteiger partial charge >= 0.3 is 0 Å². The number of phenols is 2. The normalized spacial score (nSPS) is 11.6. The molecule has 0 saturated carbocycles. The molecular weight excluding hydrogens is 456 g/mol. The Kier molecular flexibility index (Phi) is 5.27. The van der Waals surface area contributed by atoms with Crippen LogP contribution >= 0.6 is 0 Å². The van der Waals surface area contributed by atoms with Gasteiger partial charge in [-0.1, -0.05) is 60.7 Å². The highest BCUT2D eigenvalue weighted by molar-refractivity contribution is 5.77. The van der Waals surface area contributed by atoms with Crippen molar-refractivity contribution < 1.29 is 14.9 Å². The molecule has 2 N–H and O–H groups in total. The summed E-state index contributed by atoms with van der Waals surface area (Å²) >= 11 is 0. The summed E-state index contributed by atoms with van der Waals surface area (Å²) in [7, 11) is 0. The van der Waals surface area contributed by atoms with Crippen LogP contribution in [0, 0.1) is 0 Å². The molecule has 176 valence electrons. The molecule has 36 heavy (non-hydrogen) atoms. The number of hydrogen-bond acceptors (Lipinski definition) is 7. The minimum Gasteiger partial charge on any atom is -0.505 e. The van der Waals surface area contributed by atoms with Gasteiger partial charge in [0.2, 0.25) is 0 Å². The van der Waals surface area contributed by atoms with Crippen molar-refractivity contribution in [2.45, 2.75) is 0 Å². The van der Waals surface area contributed by atoms with Gasteiger partial charge in [-0.25, -0.2) is 0 Å². The predicted octanol–water partition coefficient (Wildman–Crippen LogP) is 4.66. The summed E-state index contributed by atoms with van der Waals surface area (Å²) < 4.78 is 5.96. The predicted molar refractivity (Wildman–Crippen MR) is 136 cm³/mol. The molecule has 4 aromatic carbocycles. The SMILES string of the molecule is Oc1cc(OC/C=C/c2ccccc2)c(-n2nc3ccccc3n2)c(O)c1-n1nc2ccccc2n1. The van der Waals surface area contributed by atoms with Crippen LogP contribution in [0.1, 0.15) is 5.56 Å². The molecule has 0 fully saturated rings. The average molecular weight is 476 g/mol. The first-order chi connectivity index (χ1) is 17.7. The van der Waals surface area contributed by atoms with Crippen LogP contribution in [-0.2, 0) is 0 Å². The number of rotatable bonds is 6. The summed E-state index contributed by atoms with van der Waals surface area (Å²) in [6, 6.07) is 25.9. The van der Waals surface area contributed by atoms with Crippen LogP contribution in [0.3, 0.4) is 0 Å². The van der Waals surface area contributed by atoms with E-state index < -0.39 is 0 Å². The molecule has 0 saturated heterocycles. The second kappa shape index (κ2) is 8.88. The van der Waals surface area contributed by atoms with Gasteiger partial charge in [-0.3, -0.25) is 0 Å². The molecule has 0 aliphatic carbocycles. The monoisotopic (exact) mass is 476 g/mol. The van der Waals surface area contributed by atoms with E-state index in [1.165, 1.54) is 15.7 Å². The summed E-state index contributed by atoms with van der Waals surface area (Å²) in [6.45, 7) is 0.185. The first-order valence-corrected chi connectivity index (χ1v) is 11.3. The zero-order valence-electron chi connectivity index (χ0n) is 18.9. The second-order valence-electron chi connectivity index (χ2n) is 8.02. The molecule has 9 heteroatoms. The Balaban J connectivity index is 1.45. The van der Waals surface area contributed by atoms with Crippen molar-refractivity contribution in [1.29, 1.82) is 0 Å². The van der Waals surface area contributed by atoms with E-state index in [1.54, 1.807) is 12.1 Å². The van der Waals surface area contributed by atoms with Crippen molar-refractivity contribution in [1.82, 2.24) is 30.0 Å². The van der Waals surface area contributed by atoms with Gasteiger partial charge < -0.3 is 14.9 Å². The Bertz CT molecular complexity index is 1660. The van der Waals surface area contributed by atoms with Gasteiger partial charge in [0.05, 0.1) is 0 Å². The van der Waals surface area contributed by atoms with Crippen LogP contribution in [0.15, 0.2) is 91.0 Å². The highest BCUT2D eigenvalue weighted by atomic mass is 16.5. The van der Waals surface area contributed by atoms with Gasteiger partial charge in [0.15, 0.2) is 28.6 Å². The molecule has 0 radical (unpaired) electrons. The maximum Gasteiger partial charge on any atom is 0.178 e. The smallest absolute Gasteiger partial charge is 0.178 e. The Labute approximate surface area is 205 Å². The number of aromatic nitrogens is 6. The zero-order chi connectivity index (χ0) is 24.5. The third-order valence-corrected chi connectivity index (χ3v) is 5.61. The fraction of sp³-hybridized carbons (Fsp3) is 0.0370. The quantitative estimate of drug-likeness (QED) is 0.360. The number of fused-ring (bicyclic) bond motifs is 2. The lowest BCUT2D eigenvalue weighted by Crippen LogP contribution is -2.08. The number of nitrogens with zero attached hydrogens (tertiary/aromatic N) is 6. The summed E-state index contributed by atoms with van der Waals surface area (Å²) in [5, 5.41) is 40.1. The molecular formula is C27H20N6O3. The van der Waals surface area contributed by atoms with Crippen LogP contribution < -0.4 is 4.74 Å². The second-order valence-corrected chi connectivity index (χ2v) is 8.02. The van der Waals surface area contributed by atoms with Crippen molar-refractivity contribution in [3.63, 3.8) is 0 Å². The van der Waals surface area contributed by atoms with Crippen LogP contribution in [0.25, 0.3) is 39.5 Å². The van der Waals surface area contributed by atoms with E-state index in [2.05, 4.69) is 20.4 Å². The fourth-order valence-corrected chi connectivity index (χ4v) is 3.92. The topological polar surface area (TPSA) is 111 Å². The molecule has 0 bridgehead atoms. The van der Waals surface area contributed by atoms with Crippen LogP contribution in [0.4, 0.5) is 0 Å². The number of benzene rings is 4. The third kappa shape index (κ3) is 3.88. The molecule has 0 spiro atoms. The van der Waals surface area contributed by atoms with Crippen molar-refractivity contribution in [3.8, 4) is 28.6 Å². The lowest BCUT2D eigenvalue weighted by atomic mass is 10.2. The van der Waals surface area contributed by atoms with E-state index >= 15 is 0 Å². The molecule has 6 aromatic rings. The molecule has 9 nitrogen and oxygen atoms in total. The third-order valence-electron chi connectivity index (χ3n) is 5.61. The number of phenolic OH excluding ortho intramolecular Hbond substituents is 2. The van der Waals surface area contributed by atoms with E-state index in [1.807, 2.05) is 78.9 Å². The van der Waals surface area contributed by atoms with E-state index in [4.69, 9.17) is 4.74 Å². The van der Waals surface area contributed by atoms with Crippen molar-refractivity contribution in [2.75, 3.05) is 6.61 Å². The van der Waals surface area contributed by atoms with Gasteiger partial charge in [0, 0.05) is 6.07 Å². The van der Waals surface area contributed by atoms with Crippen LogP contribution in [0.5, 0.6) is 17.2 Å². The highest BCUT2D eigenvalue weighted by Crippen LogP contribution is 2.42. The van der Waals surface area contributed by atoms with Gasteiger partial charge in [-0.05, 0) is 35.9 Å². The molecule has 2 aromatic heterocycles. The fourth-order valence-electron chi connectivity index (χ4n) is 3.92. The van der Waals surface area contributed by atoms with Gasteiger partial charge in [-0.2, -0.15) is 0 Å². The number of hydrogen-bond donors (Lipinski definition) is 2. The van der Waals surface area contributed by atoms with E-state index in [-0.39, 0.29) is 35.2 Å². The largest absolute Gasteiger partial charge is 0.505 e. The zero-order valence-corrected chi connectivity index (χ0v) is 18.9. The first kappa shape index (κ1) is 21.4. The molecule has 0 aliphatic heterocycles. The van der Waals surface area contributed by atoms with Crippen molar-refractivity contribution in [3.05, 3.63) is 96.6 Å². The first-order valence-electron chi connectivity index (χ1n) is 11.3. The molecule has 6 rings (SSSR count). The Morgan fingerprint density at radius 3 is 1.72 bits per heavy atom. The van der Waals surface area contributed by atoms with E-state index in [9.17, 15) is 10.2 Å². The molecule has 0 amide bonds. The Morgan fingerprint density at radius 2 is 1.17 bits per heavy atom. The Morgan fingerprint density at radius 1 is 0.667 bits per heavy atom. The number of aromatic hydroxyl groups is 2. The summed E-state index contributed by atoms with van der Waals surface area (Å²) in [6.07, 6.45) is 3.77. The summed E-state index contributed by atoms with van der Waals surface area (Å²) in [5.74, 6) is -0.378. The maximum atomic E-state index is 11.4. The van der Waals surface area contributed by atoms with E-state index in [0.29, 0.717) is 22.1 Å². The molecule has 0 atom stereocenters. The number of ether oxygens (including phenoxy) is 1. The maximum absolute atomic E-state index is 11.4. The lowest BCUT2D eigenvalue weighted by molar-refractivity contribution is 0.350. The average Bonchev–Trinajstić information content (AvgIpc) is 3.51. The van der Waals surface area contributed by atoms with Gasteiger partial charge in [0.1, 0.15) is 28.7 Å². The summed E-state index contributed by atoms with van der Waals surface area (Å²) in [4.78, 5) is 2.49. The van der Waals surface area contributed by atoms with E-state index in [0.717, 1.165) is 5.56 Å². The van der Waals surface area contributed by atoms with Crippen LogP contribution in [-0.4, -0.2) is 46.8 Å². The molecule has 2 heterocycles. The Hall–Kier alpha value is -5.18. The molecule has 0 unspecified atom stereocenters. The minimum atomic E-state index is -0.322. The minimum absolute atomic E-state index is 0.00488. The molecule has 0 aliphatic rings. The highest BCUT2D eigenvalue weighted by Gasteiger charge is 2.25. The van der Waals surface area contributed by atoms with Crippen LogP contribution in [0.2, 0.25) is 0 Å². The van der Waals surface area contributed by atoms with Crippen molar-refractivity contribution >= 4 is 28.1 Å².